The molecule has 2 heteroatoms. The predicted octanol–water partition coefficient (Wildman–Crippen LogP) is 2.81. The van der Waals surface area contributed by atoms with Crippen LogP contribution in [0.25, 0.3) is 0 Å². The molecule has 15 heavy (non-hydrogen) atoms. The van der Waals surface area contributed by atoms with E-state index in [1.807, 2.05) is 12.1 Å². The molecule has 0 saturated heterocycles. The maximum absolute atomic E-state index is 6.14. The number of hydrogen-bond donors (Lipinski definition) is 1. The Labute approximate surface area is 92.4 Å². The lowest BCUT2D eigenvalue weighted by molar-refractivity contribution is 0.107. The van der Waals surface area contributed by atoms with E-state index < -0.39 is 0 Å². The Morgan fingerprint density at radius 2 is 1.93 bits per heavy atom. The van der Waals surface area contributed by atoms with Gasteiger partial charge in [-0.25, -0.2) is 0 Å². The van der Waals surface area contributed by atoms with Crippen molar-refractivity contribution >= 4 is 0 Å². The second-order valence-corrected chi connectivity index (χ2v) is 4.09. The van der Waals surface area contributed by atoms with Gasteiger partial charge in [0.25, 0.3) is 0 Å². The monoisotopic (exact) mass is 207 g/mol. The Balaban J connectivity index is 2.54. The molecule has 2 atom stereocenters. The molecular weight excluding hydrogens is 186 g/mol. The third-order valence-corrected chi connectivity index (χ3v) is 2.87. The zero-order valence-corrected chi connectivity index (χ0v) is 9.86. The van der Waals surface area contributed by atoms with Crippen molar-refractivity contribution in [2.45, 2.75) is 38.8 Å². The lowest BCUT2D eigenvalue weighted by Gasteiger charge is -2.16. The van der Waals surface area contributed by atoms with Gasteiger partial charge in [0, 0.05) is 13.2 Å². The van der Waals surface area contributed by atoms with E-state index in [0.717, 1.165) is 12.8 Å². The van der Waals surface area contributed by atoms with Gasteiger partial charge in [-0.15, -0.1) is 0 Å². The summed E-state index contributed by atoms with van der Waals surface area (Å²) >= 11 is 0. The summed E-state index contributed by atoms with van der Waals surface area (Å²) in [5.41, 5.74) is 8.67. The van der Waals surface area contributed by atoms with Gasteiger partial charge in [0.2, 0.25) is 0 Å². The summed E-state index contributed by atoms with van der Waals surface area (Å²) < 4.78 is 5.21. The normalized spacial score (nSPS) is 14.9. The van der Waals surface area contributed by atoms with Crippen LogP contribution < -0.4 is 5.73 Å². The van der Waals surface area contributed by atoms with Gasteiger partial charge in [0.1, 0.15) is 0 Å². The zero-order chi connectivity index (χ0) is 11.3. The molecule has 0 bridgehead atoms. The van der Waals surface area contributed by atoms with Crippen LogP contribution in [0.2, 0.25) is 0 Å². The Morgan fingerprint density at radius 3 is 2.53 bits per heavy atom. The second kappa shape index (κ2) is 5.89. The molecule has 0 amide bonds. The molecule has 2 unspecified atom stereocenters. The molecule has 84 valence electrons. The van der Waals surface area contributed by atoms with Crippen LogP contribution in [0.5, 0.6) is 0 Å². The van der Waals surface area contributed by atoms with Crippen molar-refractivity contribution in [2.75, 3.05) is 7.11 Å². The molecule has 2 nitrogen and oxygen atoms in total. The van der Waals surface area contributed by atoms with E-state index in [9.17, 15) is 0 Å². The van der Waals surface area contributed by atoms with Crippen molar-refractivity contribution in [3.63, 3.8) is 0 Å². The van der Waals surface area contributed by atoms with Crippen molar-refractivity contribution in [1.29, 1.82) is 0 Å². The largest absolute Gasteiger partial charge is 0.382 e. The van der Waals surface area contributed by atoms with E-state index in [1.54, 1.807) is 7.11 Å². The topological polar surface area (TPSA) is 35.2 Å². The Morgan fingerprint density at radius 1 is 1.27 bits per heavy atom. The van der Waals surface area contributed by atoms with Crippen molar-refractivity contribution in [3.8, 4) is 0 Å². The highest BCUT2D eigenvalue weighted by atomic mass is 16.5. The molecule has 0 heterocycles. The molecule has 0 saturated carbocycles. The van der Waals surface area contributed by atoms with E-state index >= 15 is 0 Å². The van der Waals surface area contributed by atoms with Gasteiger partial charge in [-0.3, -0.25) is 0 Å². The molecule has 1 aromatic rings. The van der Waals surface area contributed by atoms with E-state index in [0.29, 0.717) is 6.10 Å². The molecule has 2 N–H and O–H groups in total. The molecule has 1 aromatic carbocycles. The van der Waals surface area contributed by atoms with Gasteiger partial charge in [-0.05, 0) is 37.8 Å². The lowest BCUT2D eigenvalue weighted by atomic mass is 9.97. The standard InChI is InChI=1S/C13H21NO/c1-10-6-4-5-7-12(10)13(14)9-8-11(2)15-3/h4-7,11,13H,8-9,14H2,1-3H3. The fraction of sp³-hybridized carbons (Fsp3) is 0.538. The minimum atomic E-state index is 0.129. The average Bonchev–Trinajstić information content (AvgIpc) is 2.26. The van der Waals surface area contributed by atoms with Crippen LogP contribution in [0.1, 0.15) is 36.9 Å². The van der Waals surface area contributed by atoms with Gasteiger partial charge in [0.05, 0.1) is 6.10 Å². The molecule has 0 aromatic heterocycles. The van der Waals surface area contributed by atoms with Crippen molar-refractivity contribution in [2.24, 2.45) is 5.73 Å². The van der Waals surface area contributed by atoms with Crippen molar-refractivity contribution in [1.82, 2.24) is 0 Å². The van der Waals surface area contributed by atoms with Crippen molar-refractivity contribution in [3.05, 3.63) is 35.4 Å². The molecule has 0 spiro atoms. The molecule has 0 aliphatic heterocycles. The highest BCUT2D eigenvalue weighted by Crippen LogP contribution is 2.20. The number of aryl methyl sites for hydroxylation is 1. The Kier molecular flexibility index (Phi) is 4.79. The van der Waals surface area contributed by atoms with Gasteiger partial charge >= 0.3 is 0 Å². The zero-order valence-electron chi connectivity index (χ0n) is 9.86. The first-order valence-electron chi connectivity index (χ1n) is 5.49. The minimum Gasteiger partial charge on any atom is -0.382 e. The summed E-state index contributed by atoms with van der Waals surface area (Å²) in [4.78, 5) is 0. The van der Waals surface area contributed by atoms with Crippen LogP contribution in [0.4, 0.5) is 0 Å². The first kappa shape index (κ1) is 12.2. The summed E-state index contributed by atoms with van der Waals surface area (Å²) in [5, 5.41) is 0. The van der Waals surface area contributed by atoms with Gasteiger partial charge < -0.3 is 10.5 Å². The third kappa shape index (κ3) is 3.65. The maximum atomic E-state index is 6.14. The van der Waals surface area contributed by atoms with Crippen LogP contribution in [-0.4, -0.2) is 13.2 Å². The number of ether oxygens (including phenoxy) is 1. The highest BCUT2D eigenvalue weighted by Gasteiger charge is 2.09. The number of hydrogen-bond acceptors (Lipinski definition) is 2. The first-order valence-corrected chi connectivity index (χ1v) is 5.49. The summed E-state index contributed by atoms with van der Waals surface area (Å²) in [6.45, 7) is 4.18. The summed E-state index contributed by atoms with van der Waals surface area (Å²) in [5.74, 6) is 0. The number of methoxy groups -OCH3 is 1. The van der Waals surface area contributed by atoms with Crippen LogP contribution in [0, 0.1) is 6.92 Å². The maximum Gasteiger partial charge on any atom is 0.0543 e. The second-order valence-electron chi connectivity index (χ2n) is 4.09. The number of rotatable bonds is 5. The van der Waals surface area contributed by atoms with E-state index in [4.69, 9.17) is 10.5 Å². The minimum absolute atomic E-state index is 0.129. The average molecular weight is 207 g/mol. The van der Waals surface area contributed by atoms with Gasteiger partial charge in [-0.1, -0.05) is 24.3 Å². The Bertz CT molecular complexity index is 298. The highest BCUT2D eigenvalue weighted by molar-refractivity contribution is 5.28. The fourth-order valence-electron chi connectivity index (χ4n) is 1.69. The fourth-order valence-corrected chi connectivity index (χ4v) is 1.69. The molecule has 0 aliphatic carbocycles. The molecule has 0 radical (unpaired) electrons. The molecule has 0 aliphatic rings. The van der Waals surface area contributed by atoms with Crippen LogP contribution >= 0.6 is 0 Å². The predicted molar refractivity (Wildman–Crippen MR) is 63.8 cm³/mol. The van der Waals surface area contributed by atoms with Crippen molar-refractivity contribution < 1.29 is 4.74 Å². The SMILES string of the molecule is COC(C)CCC(N)c1ccccc1C. The van der Waals surface area contributed by atoms with E-state index in [1.165, 1.54) is 11.1 Å². The van der Waals surface area contributed by atoms with Crippen LogP contribution in [-0.2, 0) is 4.74 Å². The lowest BCUT2D eigenvalue weighted by Crippen LogP contribution is -2.15. The summed E-state index contributed by atoms with van der Waals surface area (Å²) in [6, 6.07) is 8.43. The Hall–Kier alpha value is -0.860. The number of benzene rings is 1. The van der Waals surface area contributed by atoms with Crippen LogP contribution in [0.15, 0.2) is 24.3 Å². The number of nitrogens with two attached hydrogens (primary N) is 1. The quantitative estimate of drug-likeness (QED) is 0.805. The summed E-state index contributed by atoms with van der Waals surface area (Å²) in [7, 11) is 1.74. The van der Waals surface area contributed by atoms with Crippen LogP contribution in [0.3, 0.4) is 0 Å². The third-order valence-electron chi connectivity index (χ3n) is 2.87. The van der Waals surface area contributed by atoms with Gasteiger partial charge in [-0.2, -0.15) is 0 Å². The molecular formula is C13H21NO. The smallest absolute Gasteiger partial charge is 0.0543 e. The van der Waals surface area contributed by atoms with E-state index in [-0.39, 0.29) is 6.04 Å². The summed E-state index contributed by atoms with van der Waals surface area (Å²) in [6.07, 6.45) is 2.27. The van der Waals surface area contributed by atoms with Gasteiger partial charge in [0.15, 0.2) is 0 Å². The molecule has 1 rings (SSSR count). The molecule has 0 fully saturated rings. The van der Waals surface area contributed by atoms with E-state index in [2.05, 4.69) is 26.0 Å². The first-order chi connectivity index (χ1) is 7.15.